The summed E-state index contributed by atoms with van der Waals surface area (Å²) in [4.78, 5) is 11.3. The molecular formula is C12H12O3. The molecule has 1 aromatic carbocycles. The summed E-state index contributed by atoms with van der Waals surface area (Å²) in [5.41, 5.74) is 1.75. The highest BCUT2D eigenvalue weighted by Crippen LogP contribution is 2.20. The molecule has 0 aliphatic rings. The topological polar surface area (TPSA) is 39.4 Å². The van der Waals surface area contributed by atoms with Gasteiger partial charge in [-0.3, -0.25) is 4.79 Å². The third-order valence-corrected chi connectivity index (χ3v) is 2.23. The van der Waals surface area contributed by atoms with Crippen LogP contribution in [0.25, 0.3) is 11.0 Å². The van der Waals surface area contributed by atoms with Crippen LogP contribution in [0.3, 0.4) is 0 Å². The third-order valence-electron chi connectivity index (χ3n) is 2.23. The van der Waals surface area contributed by atoms with Crippen LogP contribution in [-0.4, -0.2) is 12.6 Å². The standard InChI is InChI=1S/C12H12O3/c1-2-14-12(13)8-9-4-3-5-11-10(9)6-7-15-11/h3-7H,2,8H2,1H3. The van der Waals surface area contributed by atoms with Crippen LogP contribution >= 0.6 is 0 Å². The number of esters is 1. The number of hydrogen-bond acceptors (Lipinski definition) is 3. The van der Waals surface area contributed by atoms with E-state index in [1.165, 1.54) is 0 Å². The minimum absolute atomic E-state index is 0.203. The Labute approximate surface area is 87.6 Å². The third kappa shape index (κ3) is 2.01. The van der Waals surface area contributed by atoms with Crippen molar-refractivity contribution in [2.45, 2.75) is 13.3 Å². The van der Waals surface area contributed by atoms with E-state index in [9.17, 15) is 4.79 Å². The Morgan fingerprint density at radius 1 is 1.40 bits per heavy atom. The molecule has 2 rings (SSSR count). The van der Waals surface area contributed by atoms with Crippen LogP contribution in [0.15, 0.2) is 34.9 Å². The van der Waals surface area contributed by atoms with E-state index in [1.807, 2.05) is 24.3 Å². The number of fused-ring (bicyclic) bond motifs is 1. The van der Waals surface area contributed by atoms with Crippen molar-refractivity contribution >= 4 is 16.9 Å². The molecule has 0 aliphatic heterocycles. The molecule has 0 radical (unpaired) electrons. The van der Waals surface area contributed by atoms with Crippen molar-refractivity contribution in [3.05, 3.63) is 36.1 Å². The summed E-state index contributed by atoms with van der Waals surface area (Å²) >= 11 is 0. The minimum Gasteiger partial charge on any atom is -0.466 e. The summed E-state index contributed by atoms with van der Waals surface area (Å²) in [5.74, 6) is -0.203. The molecule has 2 aromatic rings. The highest BCUT2D eigenvalue weighted by Gasteiger charge is 2.08. The zero-order chi connectivity index (χ0) is 10.7. The number of furan rings is 1. The number of ether oxygens (including phenoxy) is 1. The Morgan fingerprint density at radius 2 is 2.27 bits per heavy atom. The van der Waals surface area contributed by atoms with E-state index in [4.69, 9.17) is 9.15 Å². The Kier molecular flexibility index (Phi) is 2.72. The predicted octanol–water partition coefficient (Wildman–Crippen LogP) is 2.54. The Morgan fingerprint density at radius 3 is 3.07 bits per heavy atom. The number of benzene rings is 1. The maximum Gasteiger partial charge on any atom is 0.310 e. The van der Waals surface area contributed by atoms with Gasteiger partial charge in [-0.05, 0) is 24.6 Å². The van der Waals surface area contributed by atoms with Gasteiger partial charge in [-0.2, -0.15) is 0 Å². The van der Waals surface area contributed by atoms with Crippen molar-refractivity contribution in [3.8, 4) is 0 Å². The van der Waals surface area contributed by atoms with Gasteiger partial charge in [0, 0.05) is 5.39 Å². The van der Waals surface area contributed by atoms with Gasteiger partial charge in [-0.15, -0.1) is 0 Å². The van der Waals surface area contributed by atoms with E-state index in [1.54, 1.807) is 13.2 Å². The van der Waals surface area contributed by atoms with E-state index in [0.29, 0.717) is 13.0 Å². The molecule has 0 fully saturated rings. The summed E-state index contributed by atoms with van der Waals surface area (Å²) in [7, 11) is 0. The van der Waals surface area contributed by atoms with Gasteiger partial charge in [0.15, 0.2) is 0 Å². The second-order valence-corrected chi connectivity index (χ2v) is 3.23. The minimum atomic E-state index is -0.203. The number of carbonyl (C=O) groups is 1. The second-order valence-electron chi connectivity index (χ2n) is 3.23. The summed E-state index contributed by atoms with van der Waals surface area (Å²) in [6.07, 6.45) is 1.92. The van der Waals surface area contributed by atoms with Crippen molar-refractivity contribution in [1.29, 1.82) is 0 Å². The fraction of sp³-hybridized carbons (Fsp3) is 0.250. The zero-order valence-corrected chi connectivity index (χ0v) is 8.53. The monoisotopic (exact) mass is 204 g/mol. The fourth-order valence-corrected chi connectivity index (χ4v) is 1.58. The van der Waals surface area contributed by atoms with E-state index in [-0.39, 0.29) is 5.97 Å². The molecular weight excluding hydrogens is 192 g/mol. The molecule has 0 amide bonds. The maximum atomic E-state index is 11.3. The van der Waals surface area contributed by atoms with Crippen LogP contribution in [0.2, 0.25) is 0 Å². The first-order valence-corrected chi connectivity index (χ1v) is 4.92. The van der Waals surface area contributed by atoms with Gasteiger partial charge in [0.05, 0.1) is 19.3 Å². The smallest absolute Gasteiger partial charge is 0.310 e. The molecule has 0 saturated heterocycles. The first-order valence-electron chi connectivity index (χ1n) is 4.92. The fourth-order valence-electron chi connectivity index (χ4n) is 1.58. The van der Waals surface area contributed by atoms with Gasteiger partial charge in [-0.25, -0.2) is 0 Å². The van der Waals surface area contributed by atoms with Gasteiger partial charge in [0.1, 0.15) is 5.58 Å². The lowest BCUT2D eigenvalue weighted by Gasteiger charge is -2.02. The van der Waals surface area contributed by atoms with Crippen LogP contribution < -0.4 is 0 Å². The first kappa shape index (κ1) is 9.77. The van der Waals surface area contributed by atoms with Crippen molar-refractivity contribution in [2.24, 2.45) is 0 Å². The van der Waals surface area contributed by atoms with Gasteiger partial charge < -0.3 is 9.15 Å². The molecule has 0 aliphatic carbocycles. The van der Waals surface area contributed by atoms with Gasteiger partial charge in [0.25, 0.3) is 0 Å². The summed E-state index contributed by atoms with van der Waals surface area (Å²) in [6.45, 7) is 2.22. The van der Waals surface area contributed by atoms with Gasteiger partial charge in [-0.1, -0.05) is 12.1 Å². The Balaban J connectivity index is 2.27. The molecule has 0 bridgehead atoms. The predicted molar refractivity (Wildman–Crippen MR) is 56.6 cm³/mol. The lowest BCUT2D eigenvalue weighted by Crippen LogP contribution is -2.07. The Bertz CT molecular complexity index is 470. The lowest BCUT2D eigenvalue weighted by atomic mass is 10.1. The lowest BCUT2D eigenvalue weighted by molar-refractivity contribution is -0.142. The van der Waals surface area contributed by atoms with Crippen LogP contribution in [0.1, 0.15) is 12.5 Å². The molecule has 1 aromatic heterocycles. The molecule has 3 heteroatoms. The van der Waals surface area contributed by atoms with Crippen molar-refractivity contribution < 1.29 is 13.9 Å². The molecule has 0 N–H and O–H groups in total. The molecule has 78 valence electrons. The van der Waals surface area contributed by atoms with Crippen molar-refractivity contribution in [1.82, 2.24) is 0 Å². The van der Waals surface area contributed by atoms with Crippen LogP contribution in [0, 0.1) is 0 Å². The Hall–Kier alpha value is -1.77. The molecule has 15 heavy (non-hydrogen) atoms. The van der Waals surface area contributed by atoms with E-state index in [2.05, 4.69) is 0 Å². The van der Waals surface area contributed by atoms with Crippen LogP contribution in [0.4, 0.5) is 0 Å². The summed E-state index contributed by atoms with van der Waals surface area (Å²) in [6, 6.07) is 7.53. The maximum absolute atomic E-state index is 11.3. The average molecular weight is 204 g/mol. The van der Waals surface area contributed by atoms with E-state index >= 15 is 0 Å². The number of rotatable bonds is 3. The quantitative estimate of drug-likeness (QED) is 0.721. The van der Waals surface area contributed by atoms with Crippen molar-refractivity contribution in [2.75, 3.05) is 6.61 Å². The second kappa shape index (κ2) is 4.17. The van der Waals surface area contributed by atoms with E-state index in [0.717, 1.165) is 16.5 Å². The van der Waals surface area contributed by atoms with Crippen molar-refractivity contribution in [3.63, 3.8) is 0 Å². The number of hydrogen-bond donors (Lipinski definition) is 0. The van der Waals surface area contributed by atoms with E-state index < -0.39 is 0 Å². The van der Waals surface area contributed by atoms with Gasteiger partial charge in [0.2, 0.25) is 0 Å². The number of carbonyl (C=O) groups excluding carboxylic acids is 1. The van der Waals surface area contributed by atoms with Crippen LogP contribution in [-0.2, 0) is 16.0 Å². The SMILES string of the molecule is CCOC(=O)Cc1cccc2occc12. The summed E-state index contributed by atoms with van der Waals surface area (Å²) in [5, 5.41) is 0.977. The molecule has 0 saturated carbocycles. The van der Waals surface area contributed by atoms with Gasteiger partial charge >= 0.3 is 5.97 Å². The summed E-state index contributed by atoms with van der Waals surface area (Å²) < 4.78 is 10.1. The largest absolute Gasteiger partial charge is 0.466 e. The highest BCUT2D eigenvalue weighted by atomic mass is 16.5. The molecule has 0 atom stereocenters. The molecule has 1 heterocycles. The first-order chi connectivity index (χ1) is 7.31. The zero-order valence-electron chi connectivity index (χ0n) is 8.53. The highest BCUT2D eigenvalue weighted by molar-refractivity contribution is 5.85. The molecule has 3 nitrogen and oxygen atoms in total. The van der Waals surface area contributed by atoms with Crippen LogP contribution in [0.5, 0.6) is 0 Å². The normalized spacial score (nSPS) is 10.5. The molecule has 0 unspecified atom stereocenters. The average Bonchev–Trinajstić information content (AvgIpc) is 2.67. The molecule has 0 spiro atoms.